The first-order valence-electron chi connectivity index (χ1n) is 6.17. The van der Waals surface area contributed by atoms with Crippen molar-refractivity contribution in [3.63, 3.8) is 0 Å². The van der Waals surface area contributed by atoms with Crippen LogP contribution in [0.25, 0.3) is 0 Å². The van der Waals surface area contributed by atoms with Crippen LogP contribution < -0.4 is 10.1 Å². The molecule has 0 bridgehead atoms. The van der Waals surface area contributed by atoms with E-state index in [0.717, 1.165) is 0 Å². The predicted octanol–water partition coefficient (Wildman–Crippen LogP) is 3.71. The Morgan fingerprint density at radius 3 is 2.59 bits per heavy atom. The van der Waals surface area contributed by atoms with Gasteiger partial charge in [-0.3, -0.25) is 4.79 Å². The fourth-order valence-corrected chi connectivity index (χ4v) is 2.18. The number of nitrogens with one attached hydrogen (secondary N) is 1. The highest BCUT2D eigenvalue weighted by Gasteiger charge is 2.11. The highest BCUT2D eigenvalue weighted by molar-refractivity contribution is 6.37. The molecule has 0 unspecified atom stereocenters. The first kappa shape index (κ1) is 16.1. The molecule has 0 saturated carbocycles. The first-order chi connectivity index (χ1) is 10.5. The number of hydrogen-bond acceptors (Lipinski definition) is 3. The number of halogens is 2. The molecule has 2 rings (SSSR count). The van der Waals surface area contributed by atoms with Crippen molar-refractivity contribution in [1.82, 2.24) is 0 Å². The Bertz CT molecular complexity index is 718. The van der Waals surface area contributed by atoms with E-state index in [4.69, 9.17) is 33.0 Å². The largest absolute Gasteiger partial charge is 0.482 e. The Hall–Kier alpha value is -2.24. The lowest BCUT2D eigenvalue weighted by Crippen LogP contribution is -2.13. The van der Waals surface area contributed by atoms with Crippen LogP contribution in [0.1, 0.15) is 10.4 Å². The second-order valence-electron chi connectivity index (χ2n) is 4.29. The molecule has 0 aliphatic rings. The summed E-state index contributed by atoms with van der Waals surface area (Å²) in [5.74, 6) is -1.15. The number of hydrogen-bond donors (Lipinski definition) is 2. The monoisotopic (exact) mass is 339 g/mol. The summed E-state index contributed by atoms with van der Waals surface area (Å²) in [5, 5.41) is 11.9. The Labute approximate surface area is 136 Å². The molecule has 0 saturated heterocycles. The van der Waals surface area contributed by atoms with Crippen molar-refractivity contribution >= 4 is 40.8 Å². The first-order valence-corrected chi connectivity index (χ1v) is 6.92. The number of carboxylic acid groups (broad SMARTS) is 1. The number of aliphatic carboxylic acids is 1. The smallest absolute Gasteiger partial charge is 0.341 e. The number of rotatable bonds is 5. The van der Waals surface area contributed by atoms with Gasteiger partial charge >= 0.3 is 5.97 Å². The van der Waals surface area contributed by atoms with E-state index < -0.39 is 18.5 Å². The molecule has 0 spiro atoms. The maximum atomic E-state index is 12.2. The van der Waals surface area contributed by atoms with Crippen LogP contribution in [0.3, 0.4) is 0 Å². The third kappa shape index (κ3) is 4.38. The number of ether oxygens (including phenoxy) is 1. The van der Waals surface area contributed by atoms with Crippen LogP contribution in [-0.2, 0) is 4.79 Å². The van der Waals surface area contributed by atoms with Crippen LogP contribution >= 0.6 is 23.2 Å². The highest BCUT2D eigenvalue weighted by atomic mass is 35.5. The van der Waals surface area contributed by atoms with Gasteiger partial charge in [0.2, 0.25) is 0 Å². The van der Waals surface area contributed by atoms with Crippen LogP contribution in [0.5, 0.6) is 5.75 Å². The summed E-state index contributed by atoms with van der Waals surface area (Å²) >= 11 is 11.8. The minimum absolute atomic E-state index is 0.239. The Morgan fingerprint density at radius 2 is 1.91 bits per heavy atom. The fourth-order valence-electron chi connectivity index (χ4n) is 1.68. The van der Waals surface area contributed by atoms with Crippen LogP contribution in [0, 0.1) is 0 Å². The molecule has 0 fully saturated rings. The van der Waals surface area contributed by atoms with Crippen LogP contribution in [0.2, 0.25) is 10.0 Å². The number of carboxylic acids is 1. The third-order valence-corrected chi connectivity index (χ3v) is 3.18. The van der Waals surface area contributed by atoms with Crippen molar-refractivity contribution in [2.75, 3.05) is 11.9 Å². The molecule has 5 nitrogen and oxygen atoms in total. The number of amides is 1. The van der Waals surface area contributed by atoms with Crippen molar-refractivity contribution < 1.29 is 19.4 Å². The SMILES string of the molecule is O=C(O)COc1cccc(NC(=O)c2ccc(Cl)cc2Cl)c1. The second kappa shape index (κ2) is 7.15. The molecule has 2 N–H and O–H groups in total. The Morgan fingerprint density at radius 1 is 1.14 bits per heavy atom. The molecule has 7 heteroatoms. The molecule has 0 aromatic heterocycles. The van der Waals surface area contributed by atoms with Crippen molar-refractivity contribution in [1.29, 1.82) is 0 Å². The minimum Gasteiger partial charge on any atom is -0.482 e. The van der Waals surface area contributed by atoms with Gasteiger partial charge in [0.1, 0.15) is 5.75 Å². The molecule has 2 aromatic carbocycles. The quantitative estimate of drug-likeness (QED) is 0.870. The van der Waals surface area contributed by atoms with Gasteiger partial charge in [-0.25, -0.2) is 4.79 Å². The Kier molecular flexibility index (Phi) is 5.25. The van der Waals surface area contributed by atoms with Gasteiger partial charge in [0.15, 0.2) is 6.61 Å². The molecule has 0 aliphatic carbocycles. The van der Waals surface area contributed by atoms with E-state index in [1.165, 1.54) is 18.2 Å². The number of carbonyl (C=O) groups is 2. The molecular weight excluding hydrogens is 329 g/mol. The molecule has 2 aromatic rings. The van der Waals surface area contributed by atoms with E-state index in [9.17, 15) is 9.59 Å². The highest BCUT2D eigenvalue weighted by Crippen LogP contribution is 2.23. The summed E-state index contributed by atoms with van der Waals surface area (Å²) in [6.07, 6.45) is 0. The van der Waals surface area contributed by atoms with E-state index in [0.29, 0.717) is 16.5 Å². The maximum absolute atomic E-state index is 12.2. The van der Waals surface area contributed by atoms with Crippen molar-refractivity contribution in [3.05, 3.63) is 58.1 Å². The molecule has 22 heavy (non-hydrogen) atoms. The molecule has 0 atom stereocenters. The van der Waals surface area contributed by atoms with Gasteiger partial charge < -0.3 is 15.2 Å². The average Bonchev–Trinajstić information content (AvgIpc) is 2.45. The van der Waals surface area contributed by atoms with E-state index in [-0.39, 0.29) is 10.6 Å². The van der Waals surface area contributed by atoms with Crippen LogP contribution in [-0.4, -0.2) is 23.6 Å². The van der Waals surface area contributed by atoms with Gasteiger partial charge in [-0.1, -0.05) is 29.3 Å². The zero-order chi connectivity index (χ0) is 16.1. The molecular formula is C15H11Cl2NO4. The fraction of sp³-hybridized carbons (Fsp3) is 0.0667. The maximum Gasteiger partial charge on any atom is 0.341 e. The molecule has 0 aliphatic heterocycles. The van der Waals surface area contributed by atoms with Crippen molar-refractivity contribution in [3.8, 4) is 5.75 Å². The van der Waals surface area contributed by atoms with Gasteiger partial charge in [0.05, 0.1) is 10.6 Å². The lowest BCUT2D eigenvalue weighted by Gasteiger charge is -2.09. The van der Waals surface area contributed by atoms with E-state index >= 15 is 0 Å². The van der Waals surface area contributed by atoms with E-state index in [1.54, 1.807) is 24.3 Å². The summed E-state index contributed by atoms with van der Waals surface area (Å²) in [6.45, 7) is -0.458. The molecule has 0 radical (unpaired) electrons. The van der Waals surface area contributed by atoms with Crippen LogP contribution in [0.15, 0.2) is 42.5 Å². The minimum atomic E-state index is -1.08. The zero-order valence-electron chi connectivity index (χ0n) is 11.2. The number of carbonyl (C=O) groups excluding carboxylic acids is 1. The zero-order valence-corrected chi connectivity index (χ0v) is 12.7. The van der Waals surface area contributed by atoms with E-state index in [2.05, 4.69) is 5.32 Å². The Balaban J connectivity index is 2.11. The standard InChI is InChI=1S/C15H11Cl2NO4/c16-9-4-5-12(13(17)6-9)15(21)18-10-2-1-3-11(7-10)22-8-14(19)20/h1-7H,8H2,(H,18,21)(H,19,20). The molecule has 0 heterocycles. The topological polar surface area (TPSA) is 75.6 Å². The normalized spacial score (nSPS) is 10.1. The summed E-state index contributed by atoms with van der Waals surface area (Å²) in [4.78, 5) is 22.6. The number of benzene rings is 2. The summed E-state index contributed by atoms with van der Waals surface area (Å²) in [5.41, 5.74) is 0.738. The van der Waals surface area contributed by atoms with Crippen molar-refractivity contribution in [2.45, 2.75) is 0 Å². The van der Waals surface area contributed by atoms with Crippen LogP contribution in [0.4, 0.5) is 5.69 Å². The average molecular weight is 340 g/mol. The lowest BCUT2D eigenvalue weighted by atomic mass is 10.2. The summed E-state index contributed by atoms with van der Waals surface area (Å²) in [7, 11) is 0. The second-order valence-corrected chi connectivity index (χ2v) is 5.13. The molecule has 1 amide bonds. The van der Waals surface area contributed by atoms with Crippen molar-refractivity contribution in [2.24, 2.45) is 0 Å². The van der Waals surface area contributed by atoms with Gasteiger partial charge in [-0.2, -0.15) is 0 Å². The van der Waals surface area contributed by atoms with Gasteiger partial charge in [0.25, 0.3) is 5.91 Å². The lowest BCUT2D eigenvalue weighted by molar-refractivity contribution is -0.139. The summed E-state index contributed by atoms with van der Waals surface area (Å²) in [6, 6.07) is 11.0. The molecule has 114 valence electrons. The van der Waals surface area contributed by atoms with Gasteiger partial charge in [-0.15, -0.1) is 0 Å². The predicted molar refractivity (Wildman–Crippen MR) is 84.0 cm³/mol. The van der Waals surface area contributed by atoms with Gasteiger partial charge in [-0.05, 0) is 30.3 Å². The number of anilines is 1. The summed E-state index contributed by atoms with van der Waals surface area (Å²) < 4.78 is 5.04. The van der Waals surface area contributed by atoms with Gasteiger partial charge in [0, 0.05) is 16.8 Å². The van der Waals surface area contributed by atoms with E-state index in [1.807, 2.05) is 0 Å². The third-order valence-electron chi connectivity index (χ3n) is 2.63.